The van der Waals surface area contributed by atoms with E-state index in [1.807, 2.05) is 6.07 Å². The van der Waals surface area contributed by atoms with Crippen molar-refractivity contribution in [3.8, 4) is 0 Å². The Labute approximate surface area is 150 Å². The smallest absolute Gasteiger partial charge is 0.191 e. The Morgan fingerprint density at radius 2 is 2.16 bits per heavy atom. The van der Waals surface area contributed by atoms with Crippen LogP contribution < -0.4 is 10.6 Å². The van der Waals surface area contributed by atoms with Crippen molar-refractivity contribution in [2.75, 3.05) is 32.8 Å². The third-order valence-electron chi connectivity index (χ3n) is 4.98. The first-order valence-electron chi connectivity index (χ1n) is 9.58. The molecule has 0 radical (unpaired) electrons. The summed E-state index contributed by atoms with van der Waals surface area (Å²) in [5.74, 6) is 1.50. The van der Waals surface area contributed by atoms with E-state index in [4.69, 9.17) is 9.73 Å². The van der Waals surface area contributed by atoms with Crippen LogP contribution in [0.3, 0.4) is 0 Å². The molecule has 3 rings (SSSR count). The van der Waals surface area contributed by atoms with E-state index in [1.54, 1.807) is 12.1 Å². The molecule has 0 amide bonds. The summed E-state index contributed by atoms with van der Waals surface area (Å²) < 4.78 is 19.2. The molecular weight excluding hydrogens is 317 g/mol. The topological polar surface area (TPSA) is 45.7 Å². The Balaban J connectivity index is 1.44. The number of ether oxygens (including phenoxy) is 1. The molecular formula is C20H30FN3O. The summed E-state index contributed by atoms with van der Waals surface area (Å²) in [6.45, 7) is 6.17. The number of aliphatic imine (C=N–C) groups is 1. The summed E-state index contributed by atoms with van der Waals surface area (Å²) in [6.07, 6.45) is 5.81. The molecule has 2 fully saturated rings. The third kappa shape index (κ3) is 5.70. The van der Waals surface area contributed by atoms with Gasteiger partial charge in [-0.25, -0.2) is 4.39 Å². The normalized spacial score (nSPS) is 18.9. The molecule has 2 aliphatic carbocycles. The molecule has 2 N–H and O–H groups in total. The van der Waals surface area contributed by atoms with E-state index in [-0.39, 0.29) is 11.2 Å². The van der Waals surface area contributed by atoms with Gasteiger partial charge in [-0.3, -0.25) is 4.99 Å². The Bertz CT molecular complexity index is 582. The Morgan fingerprint density at radius 1 is 1.32 bits per heavy atom. The Morgan fingerprint density at radius 3 is 2.84 bits per heavy atom. The van der Waals surface area contributed by atoms with Gasteiger partial charge in [0, 0.05) is 31.7 Å². The van der Waals surface area contributed by atoms with Crippen LogP contribution in [0.1, 0.15) is 44.6 Å². The average molecular weight is 347 g/mol. The second kappa shape index (κ2) is 8.65. The average Bonchev–Trinajstić information content (AvgIpc) is 3.51. The molecule has 0 spiro atoms. The monoisotopic (exact) mass is 347 g/mol. The summed E-state index contributed by atoms with van der Waals surface area (Å²) in [7, 11) is 0. The number of halogens is 1. The lowest BCUT2D eigenvalue weighted by atomic mass is 9.96. The number of hydrogen-bond acceptors (Lipinski definition) is 2. The lowest BCUT2D eigenvalue weighted by Gasteiger charge is -2.16. The molecule has 2 aliphatic rings. The number of benzene rings is 1. The van der Waals surface area contributed by atoms with Crippen LogP contribution in [0.15, 0.2) is 29.3 Å². The van der Waals surface area contributed by atoms with Gasteiger partial charge in [-0.2, -0.15) is 0 Å². The highest BCUT2D eigenvalue weighted by Crippen LogP contribution is 2.48. The van der Waals surface area contributed by atoms with Crippen LogP contribution in [0.4, 0.5) is 4.39 Å². The fraction of sp³-hybridized carbons (Fsp3) is 0.650. The molecule has 0 heterocycles. The molecule has 0 unspecified atom stereocenters. The minimum atomic E-state index is -0.163. The van der Waals surface area contributed by atoms with Crippen LogP contribution >= 0.6 is 0 Å². The lowest BCUT2D eigenvalue weighted by molar-refractivity contribution is 0.123. The maximum atomic E-state index is 13.5. The van der Waals surface area contributed by atoms with E-state index in [9.17, 15) is 4.39 Å². The molecule has 0 atom stereocenters. The predicted octanol–water partition coefficient (Wildman–Crippen LogP) is 3.23. The molecule has 0 saturated heterocycles. The summed E-state index contributed by atoms with van der Waals surface area (Å²) in [5.41, 5.74) is 1.10. The lowest BCUT2D eigenvalue weighted by Crippen LogP contribution is -2.38. The van der Waals surface area contributed by atoms with Gasteiger partial charge in [-0.05, 0) is 62.6 Å². The summed E-state index contributed by atoms with van der Waals surface area (Å²) in [5, 5.41) is 6.66. The maximum Gasteiger partial charge on any atom is 0.191 e. The second-order valence-corrected chi connectivity index (χ2v) is 7.28. The summed E-state index contributed by atoms with van der Waals surface area (Å²) >= 11 is 0. The molecule has 25 heavy (non-hydrogen) atoms. The Kier molecular flexibility index (Phi) is 6.29. The quantitative estimate of drug-likeness (QED) is 0.388. The van der Waals surface area contributed by atoms with Crippen molar-refractivity contribution in [3.63, 3.8) is 0 Å². The van der Waals surface area contributed by atoms with Crippen molar-refractivity contribution in [3.05, 3.63) is 35.6 Å². The van der Waals surface area contributed by atoms with Crippen LogP contribution in [0, 0.1) is 11.7 Å². The highest BCUT2D eigenvalue weighted by Gasteiger charge is 2.44. The predicted molar refractivity (Wildman–Crippen MR) is 99.5 cm³/mol. The Hall–Kier alpha value is -1.62. The van der Waals surface area contributed by atoms with Crippen molar-refractivity contribution in [2.24, 2.45) is 10.9 Å². The standard InChI is InChI=1S/C20H30FN3O/c1-2-22-19(23-11-4-12-25-14-16-7-8-16)24-15-20(9-10-20)17-5-3-6-18(21)13-17/h3,5-6,13,16H,2,4,7-12,14-15H2,1H3,(H2,22,23,24). The first-order chi connectivity index (χ1) is 12.2. The van der Waals surface area contributed by atoms with Crippen LogP contribution in [-0.4, -0.2) is 38.8 Å². The molecule has 0 bridgehead atoms. The van der Waals surface area contributed by atoms with Gasteiger partial charge < -0.3 is 15.4 Å². The molecule has 4 nitrogen and oxygen atoms in total. The minimum absolute atomic E-state index is 0.0256. The zero-order valence-corrected chi connectivity index (χ0v) is 15.2. The fourth-order valence-corrected chi connectivity index (χ4v) is 2.99. The van der Waals surface area contributed by atoms with Crippen molar-refractivity contribution < 1.29 is 9.13 Å². The van der Waals surface area contributed by atoms with E-state index in [0.717, 1.165) is 63.0 Å². The summed E-state index contributed by atoms with van der Waals surface area (Å²) in [6, 6.07) is 6.96. The molecule has 1 aromatic rings. The van der Waals surface area contributed by atoms with Gasteiger partial charge in [0.25, 0.3) is 0 Å². The minimum Gasteiger partial charge on any atom is -0.381 e. The molecule has 138 valence electrons. The molecule has 0 aromatic heterocycles. The van der Waals surface area contributed by atoms with Crippen molar-refractivity contribution >= 4 is 5.96 Å². The van der Waals surface area contributed by atoms with E-state index in [2.05, 4.69) is 17.6 Å². The van der Waals surface area contributed by atoms with Gasteiger partial charge >= 0.3 is 0 Å². The number of nitrogens with zero attached hydrogens (tertiary/aromatic N) is 1. The highest BCUT2D eigenvalue weighted by atomic mass is 19.1. The van der Waals surface area contributed by atoms with Crippen molar-refractivity contribution in [1.29, 1.82) is 0 Å². The fourth-order valence-electron chi connectivity index (χ4n) is 2.99. The number of nitrogens with one attached hydrogen (secondary N) is 2. The van der Waals surface area contributed by atoms with Crippen LogP contribution in [-0.2, 0) is 10.2 Å². The van der Waals surface area contributed by atoms with Gasteiger partial charge in [0.05, 0.1) is 6.54 Å². The number of hydrogen-bond donors (Lipinski definition) is 2. The highest BCUT2D eigenvalue weighted by molar-refractivity contribution is 5.79. The molecule has 1 aromatic carbocycles. The number of guanidine groups is 1. The SMILES string of the molecule is CCNC(=NCC1(c2cccc(F)c2)CC1)NCCCOCC1CC1. The molecule has 5 heteroatoms. The van der Waals surface area contributed by atoms with Crippen LogP contribution in [0.25, 0.3) is 0 Å². The van der Waals surface area contributed by atoms with Crippen molar-refractivity contribution in [1.82, 2.24) is 10.6 Å². The van der Waals surface area contributed by atoms with Gasteiger partial charge in [-0.15, -0.1) is 0 Å². The van der Waals surface area contributed by atoms with Gasteiger partial charge in [-0.1, -0.05) is 12.1 Å². The summed E-state index contributed by atoms with van der Waals surface area (Å²) in [4.78, 5) is 4.74. The zero-order valence-electron chi connectivity index (χ0n) is 15.2. The third-order valence-corrected chi connectivity index (χ3v) is 4.98. The van der Waals surface area contributed by atoms with Crippen molar-refractivity contribution in [2.45, 2.75) is 44.4 Å². The van der Waals surface area contributed by atoms with Crippen LogP contribution in [0.2, 0.25) is 0 Å². The second-order valence-electron chi connectivity index (χ2n) is 7.28. The first-order valence-corrected chi connectivity index (χ1v) is 9.58. The first kappa shape index (κ1) is 18.2. The number of rotatable bonds is 10. The largest absolute Gasteiger partial charge is 0.381 e. The zero-order chi connectivity index (χ0) is 17.5. The molecule has 2 saturated carbocycles. The van der Waals surface area contributed by atoms with Gasteiger partial charge in [0.1, 0.15) is 5.82 Å². The van der Waals surface area contributed by atoms with E-state index < -0.39 is 0 Å². The van der Waals surface area contributed by atoms with Gasteiger partial charge in [0.2, 0.25) is 0 Å². The van der Waals surface area contributed by atoms with E-state index in [1.165, 1.54) is 18.9 Å². The van der Waals surface area contributed by atoms with Crippen LogP contribution in [0.5, 0.6) is 0 Å². The molecule has 0 aliphatic heterocycles. The van der Waals surface area contributed by atoms with E-state index >= 15 is 0 Å². The van der Waals surface area contributed by atoms with E-state index in [0.29, 0.717) is 6.54 Å². The maximum absolute atomic E-state index is 13.5. The van der Waals surface area contributed by atoms with Gasteiger partial charge in [0.15, 0.2) is 5.96 Å².